The molecule has 0 amide bonds. The zero-order chi connectivity index (χ0) is 13.1. The van der Waals surface area contributed by atoms with Crippen LogP contribution in [0.1, 0.15) is 11.1 Å². The zero-order valence-corrected chi connectivity index (χ0v) is 11.0. The molecule has 2 rings (SSSR count). The molecule has 18 heavy (non-hydrogen) atoms. The quantitative estimate of drug-likeness (QED) is 0.605. The number of carbonyl (C=O) groups is 1. The van der Waals surface area contributed by atoms with Crippen LogP contribution in [0.2, 0.25) is 0 Å². The first-order valence-electron chi connectivity index (χ1n) is 5.57. The van der Waals surface area contributed by atoms with Gasteiger partial charge in [0.1, 0.15) is 0 Å². The standard InChI is InChI=1S/C15H13ClO2/c1-10-7-8-11-5-3-4-6-12(11)15(10)13(16)9-14(17)18-2/h3-9H,1-2H3. The molecule has 2 nitrogen and oxygen atoms in total. The number of hydrogen-bond donors (Lipinski definition) is 0. The third kappa shape index (κ3) is 2.39. The van der Waals surface area contributed by atoms with Gasteiger partial charge in [-0.15, -0.1) is 0 Å². The Morgan fingerprint density at radius 1 is 1.22 bits per heavy atom. The summed E-state index contributed by atoms with van der Waals surface area (Å²) in [5, 5.41) is 2.52. The van der Waals surface area contributed by atoms with Crippen molar-refractivity contribution in [2.45, 2.75) is 6.92 Å². The van der Waals surface area contributed by atoms with Gasteiger partial charge in [0.15, 0.2) is 0 Å². The summed E-state index contributed by atoms with van der Waals surface area (Å²) >= 11 is 6.22. The summed E-state index contributed by atoms with van der Waals surface area (Å²) in [6.45, 7) is 1.97. The van der Waals surface area contributed by atoms with E-state index in [4.69, 9.17) is 11.6 Å². The van der Waals surface area contributed by atoms with Gasteiger partial charge in [-0.3, -0.25) is 0 Å². The molecule has 0 heterocycles. The highest BCUT2D eigenvalue weighted by Gasteiger charge is 2.09. The number of ether oxygens (including phenoxy) is 1. The van der Waals surface area contributed by atoms with E-state index >= 15 is 0 Å². The first-order chi connectivity index (χ1) is 8.63. The van der Waals surface area contributed by atoms with Crippen molar-refractivity contribution in [3.63, 3.8) is 0 Å². The molecule has 0 radical (unpaired) electrons. The average Bonchev–Trinajstić information content (AvgIpc) is 2.38. The number of methoxy groups -OCH3 is 1. The molecule has 0 atom stereocenters. The lowest BCUT2D eigenvalue weighted by molar-refractivity contribution is -0.134. The number of esters is 1. The smallest absolute Gasteiger partial charge is 0.331 e. The minimum atomic E-state index is -0.452. The van der Waals surface area contributed by atoms with Gasteiger partial charge in [0.2, 0.25) is 0 Å². The predicted molar refractivity (Wildman–Crippen MR) is 74.5 cm³/mol. The third-order valence-corrected chi connectivity index (χ3v) is 3.12. The van der Waals surface area contributed by atoms with Crippen LogP contribution in [0.5, 0.6) is 0 Å². The number of fused-ring (bicyclic) bond motifs is 1. The molecule has 0 saturated heterocycles. The van der Waals surface area contributed by atoms with Gasteiger partial charge in [0, 0.05) is 11.6 Å². The van der Waals surface area contributed by atoms with Crippen LogP contribution in [0.25, 0.3) is 15.8 Å². The molecule has 92 valence electrons. The average molecular weight is 261 g/mol. The summed E-state index contributed by atoms with van der Waals surface area (Å²) in [6, 6.07) is 12.0. The van der Waals surface area contributed by atoms with Crippen molar-refractivity contribution in [3.8, 4) is 0 Å². The maximum Gasteiger partial charge on any atom is 0.331 e. The monoisotopic (exact) mass is 260 g/mol. The lowest BCUT2D eigenvalue weighted by atomic mass is 9.99. The van der Waals surface area contributed by atoms with Gasteiger partial charge in [-0.1, -0.05) is 48.0 Å². The molecule has 2 aromatic rings. The van der Waals surface area contributed by atoms with Gasteiger partial charge < -0.3 is 4.74 Å². The maximum absolute atomic E-state index is 11.3. The van der Waals surface area contributed by atoms with Crippen LogP contribution >= 0.6 is 11.6 Å². The van der Waals surface area contributed by atoms with Crippen LogP contribution in [-0.2, 0) is 9.53 Å². The number of benzene rings is 2. The molecule has 0 spiro atoms. The normalized spacial score (nSPS) is 11.6. The Bertz CT molecular complexity index is 629. The van der Waals surface area contributed by atoms with E-state index in [0.29, 0.717) is 5.03 Å². The SMILES string of the molecule is COC(=O)C=C(Cl)c1c(C)ccc2ccccc12. The Morgan fingerprint density at radius 3 is 2.67 bits per heavy atom. The second kappa shape index (κ2) is 5.23. The number of hydrogen-bond acceptors (Lipinski definition) is 2. The highest BCUT2D eigenvalue weighted by Crippen LogP contribution is 2.30. The molecule has 0 aliphatic carbocycles. The Balaban J connectivity index is 2.66. The van der Waals surface area contributed by atoms with Gasteiger partial charge in [0.05, 0.1) is 12.1 Å². The molecule has 0 unspecified atom stereocenters. The molecular formula is C15H13ClO2. The molecule has 3 heteroatoms. The van der Waals surface area contributed by atoms with Crippen LogP contribution in [0, 0.1) is 6.92 Å². The highest BCUT2D eigenvalue weighted by molar-refractivity contribution is 6.51. The Morgan fingerprint density at radius 2 is 1.94 bits per heavy atom. The third-order valence-electron chi connectivity index (χ3n) is 2.82. The summed E-state index contributed by atoms with van der Waals surface area (Å²) in [7, 11) is 1.33. The van der Waals surface area contributed by atoms with E-state index in [9.17, 15) is 4.79 Å². The predicted octanol–water partition coefficient (Wildman–Crippen LogP) is 3.90. The van der Waals surface area contributed by atoms with E-state index in [0.717, 1.165) is 21.9 Å². The van der Waals surface area contributed by atoms with Crippen molar-refractivity contribution in [3.05, 3.63) is 53.6 Å². The largest absolute Gasteiger partial charge is 0.466 e. The van der Waals surface area contributed by atoms with Crippen molar-refractivity contribution in [1.82, 2.24) is 0 Å². The number of rotatable bonds is 2. The fourth-order valence-corrected chi connectivity index (χ4v) is 2.27. The number of aryl methyl sites for hydroxylation is 1. The number of carbonyl (C=O) groups excluding carboxylic acids is 1. The first-order valence-corrected chi connectivity index (χ1v) is 5.95. The van der Waals surface area contributed by atoms with E-state index in [-0.39, 0.29) is 0 Å². The fourth-order valence-electron chi connectivity index (χ4n) is 1.93. The van der Waals surface area contributed by atoms with Gasteiger partial charge in [-0.25, -0.2) is 4.79 Å². The lowest BCUT2D eigenvalue weighted by Gasteiger charge is -2.09. The van der Waals surface area contributed by atoms with E-state index in [1.807, 2.05) is 43.3 Å². The fraction of sp³-hybridized carbons (Fsp3) is 0.133. The number of halogens is 1. The Hall–Kier alpha value is -1.80. The molecular weight excluding hydrogens is 248 g/mol. The Kier molecular flexibility index (Phi) is 3.68. The molecule has 0 aliphatic heterocycles. The summed E-state index contributed by atoms with van der Waals surface area (Å²) < 4.78 is 4.59. The molecule has 0 fully saturated rings. The summed E-state index contributed by atoms with van der Waals surface area (Å²) in [5.41, 5.74) is 1.90. The minimum absolute atomic E-state index is 0.399. The van der Waals surface area contributed by atoms with E-state index < -0.39 is 5.97 Å². The summed E-state index contributed by atoms with van der Waals surface area (Å²) in [6.07, 6.45) is 1.30. The van der Waals surface area contributed by atoms with Crippen LogP contribution in [0.15, 0.2) is 42.5 Å². The van der Waals surface area contributed by atoms with Crippen LogP contribution < -0.4 is 0 Å². The van der Waals surface area contributed by atoms with Crippen molar-refractivity contribution in [2.24, 2.45) is 0 Å². The van der Waals surface area contributed by atoms with Crippen molar-refractivity contribution < 1.29 is 9.53 Å². The van der Waals surface area contributed by atoms with Crippen molar-refractivity contribution in [1.29, 1.82) is 0 Å². The zero-order valence-electron chi connectivity index (χ0n) is 10.2. The van der Waals surface area contributed by atoms with Crippen LogP contribution in [-0.4, -0.2) is 13.1 Å². The topological polar surface area (TPSA) is 26.3 Å². The minimum Gasteiger partial charge on any atom is -0.466 e. The van der Waals surface area contributed by atoms with Gasteiger partial charge >= 0.3 is 5.97 Å². The molecule has 2 aromatic carbocycles. The van der Waals surface area contributed by atoms with E-state index in [2.05, 4.69) is 4.74 Å². The van der Waals surface area contributed by atoms with E-state index in [1.165, 1.54) is 13.2 Å². The molecule has 0 bridgehead atoms. The van der Waals surface area contributed by atoms with E-state index in [1.54, 1.807) is 0 Å². The van der Waals surface area contributed by atoms with Crippen molar-refractivity contribution in [2.75, 3.05) is 7.11 Å². The first kappa shape index (κ1) is 12.7. The second-order valence-electron chi connectivity index (χ2n) is 3.99. The highest BCUT2D eigenvalue weighted by atomic mass is 35.5. The van der Waals surface area contributed by atoms with Crippen molar-refractivity contribution >= 4 is 33.4 Å². The van der Waals surface area contributed by atoms with Crippen LogP contribution in [0.4, 0.5) is 0 Å². The maximum atomic E-state index is 11.3. The Labute approximate surface area is 111 Å². The van der Waals surface area contributed by atoms with Crippen LogP contribution in [0.3, 0.4) is 0 Å². The summed E-state index contributed by atoms with van der Waals surface area (Å²) in [5.74, 6) is -0.452. The molecule has 0 aliphatic rings. The van der Waals surface area contributed by atoms with Gasteiger partial charge in [0.25, 0.3) is 0 Å². The molecule has 0 aromatic heterocycles. The van der Waals surface area contributed by atoms with Gasteiger partial charge in [-0.2, -0.15) is 0 Å². The molecule has 0 saturated carbocycles. The lowest BCUT2D eigenvalue weighted by Crippen LogP contribution is -1.96. The van der Waals surface area contributed by atoms with Gasteiger partial charge in [-0.05, 0) is 23.3 Å². The molecule has 0 N–H and O–H groups in total. The second-order valence-corrected chi connectivity index (χ2v) is 4.40. The summed E-state index contributed by atoms with van der Waals surface area (Å²) in [4.78, 5) is 11.3.